The van der Waals surface area contributed by atoms with Crippen molar-refractivity contribution in [3.05, 3.63) is 47.5 Å². The molecule has 0 amide bonds. The number of phenols is 4. The largest absolute Gasteiger partial charge is 0.504 e. The van der Waals surface area contributed by atoms with Gasteiger partial charge in [-0.25, -0.2) is 0 Å². The number of aliphatic hydroxyl groups excluding tert-OH is 2. The maximum Gasteiger partial charge on any atom is 0.157 e. The number of aliphatic hydroxyl groups is 2. The Kier molecular flexibility index (Phi) is 8.75. The van der Waals surface area contributed by atoms with E-state index in [1.54, 1.807) is 12.1 Å². The molecule has 0 fully saturated rings. The average molecular weight is 364 g/mol. The van der Waals surface area contributed by atoms with E-state index < -0.39 is 12.2 Å². The van der Waals surface area contributed by atoms with Gasteiger partial charge in [-0.05, 0) is 48.2 Å². The molecule has 0 radical (unpaired) electrons. The molecule has 26 heavy (non-hydrogen) atoms. The van der Waals surface area contributed by atoms with Crippen LogP contribution in [0.1, 0.15) is 62.9 Å². The molecule has 6 N–H and O–H groups in total. The molecule has 0 unspecified atom stereocenters. The van der Waals surface area contributed by atoms with Crippen LogP contribution in [0.3, 0.4) is 0 Å². The maximum absolute atomic E-state index is 9.54. The van der Waals surface area contributed by atoms with Crippen LogP contribution in [-0.2, 0) is 0 Å². The zero-order valence-corrected chi connectivity index (χ0v) is 15.1. The molecular formula is C20H28O6. The van der Waals surface area contributed by atoms with E-state index in [-0.39, 0.29) is 23.0 Å². The molecule has 6 nitrogen and oxygen atoms in total. The Hall–Kier alpha value is -2.44. The van der Waals surface area contributed by atoms with E-state index in [1.165, 1.54) is 24.3 Å². The van der Waals surface area contributed by atoms with Gasteiger partial charge in [-0.3, -0.25) is 0 Å². The normalized spacial score (nSPS) is 12.8. The fourth-order valence-corrected chi connectivity index (χ4v) is 2.38. The Morgan fingerprint density at radius 3 is 1.23 bits per heavy atom. The van der Waals surface area contributed by atoms with Crippen molar-refractivity contribution < 1.29 is 30.6 Å². The Labute approximate surface area is 153 Å². The summed E-state index contributed by atoms with van der Waals surface area (Å²) in [6, 6.07) is 8.74. The first kappa shape index (κ1) is 21.6. The van der Waals surface area contributed by atoms with Gasteiger partial charge in [0, 0.05) is 0 Å². The minimum atomic E-state index is -0.559. The van der Waals surface area contributed by atoms with E-state index in [0.717, 1.165) is 12.8 Å². The van der Waals surface area contributed by atoms with Crippen molar-refractivity contribution in [2.75, 3.05) is 0 Å². The van der Waals surface area contributed by atoms with E-state index >= 15 is 0 Å². The van der Waals surface area contributed by atoms with Crippen molar-refractivity contribution in [1.82, 2.24) is 0 Å². The number of benzene rings is 2. The summed E-state index contributed by atoms with van der Waals surface area (Å²) in [5, 5.41) is 55.4. The first-order valence-corrected chi connectivity index (χ1v) is 8.69. The lowest BCUT2D eigenvalue weighted by Gasteiger charge is -2.09. The third kappa shape index (κ3) is 6.46. The quantitative estimate of drug-likeness (QED) is 0.433. The van der Waals surface area contributed by atoms with Crippen LogP contribution >= 0.6 is 0 Å². The summed E-state index contributed by atoms with van der Waals surface area (Å²) in [6.45, 7) is 3.95. The van der Waals surface area contributed by atoms with Crippen LogP contribution < -0.4 is 0 Å². The lowest BCUT2D eigenvalue weighted by Crippen LogP contribution is -1.95. The van der Waals surface area contributed by atoms with Gasteiger partial charge in [0.05, 0.1) is 12.2 Å². The second-order valence-corrected chi connectivity index (χ2v) is 6.11. The smallest absolute Gasteiger partial charge is 0.157 e. The summed E-state index contributed by atoms with van der Waals surface area (Å²) >= 11 is 0. The zero-order chi connectivity index (χ0) is 19.7. The number of aromatic hydroxyl groups is 4. The van der Waals surface area contributed by atoms with Crippen molar-refractivity contribution >= 4 is 0 Å². The molecule has 0 heterocycles. The van der Waals surface area contributed by atoms with Crippen molar-refractivity contribution in [2.45, 2.75) is 51.7 Å². The molecule has 0 aliphatic heterocycles. The predicted octanol–water partition coefficient (Wildman–Crippen LogP) is 3.86. The van der Waals surface area contributed by atoms with Gasteiger partial charge in [-0.2, -0.15) is 0 Å². The highest BCUT2D eigenvalue weighted by Crippen LogP contribution is 2.30. The van der Waals surface area contributed by atoms with Crippen LogP contribution in [-0.4, -0.2) is 30.6 Å². The van der Waals surface area contributed by atoms with Gasteiger partial charge in [0.25, 0.3) is 0 Å². The highest BCUT2D eigenvalue weighted by Gasteiger charge is 2.09. The summed E-state index contributed by atoms with van der Waals surface area (Å²) in [4.78, 5) is 0. The van der Waals surface area contributed by atoms with Gasteiger partial charge in [0.1, 0.15) is 0 Å². The SMILES string of the molecule is CCC[C@@H](O)c1ccc(O)c(O)c1.CCC[C@H](O)c1ccc(O)c(O)c1. The second-order valence-electron chi connectivity index (χ2n) is 6.11. The van der Waals surface area contributed by atoms with Crippen LogP contribution in [0, 0.1) is 0 Å². The Morgan fingerprint density at radius 2 is 0.962 bits per heavy atom. The molecule has 0 aliphatic rings. The Bertz CT molecular complexity index is 626. The molecule has 2 rings (SSSR count). The molecule has 0 aromatic heterocycles. The minimum absolute atomic E-state index is 0.160. The maximum atomic E-state index is 9.54. The van der Waals surface area contributed by atoms with E-state index in [9.17, 15) is 10.2 Å². The van der Waals surface area contributed by atoms with Crippen LogP contribution in [0.2, 0.25) is 0 Å². The van der Waals surface area contributed by atoms with Gasteiger partial charge >= 0.3 is 0 Å². The fourth-order valence-electron chi connectivity index (χ4n) is 2.38. The lowest BCUT2D eigenvalue weighted by molar-refractivity contribution is 0.165. The van der Waals surface area contributed by atoms with Crippen molar-refractivity contribution in [1.29, 1.82) is 0 Å². The number of hydrogen-bond acceptors (Lipinski definition) is 6. The molecule has 2 aromatic rings. The van der Waals surface area contributed by atoms with E-state index in [1.807, 2.05) is 13.8 Å². The molecule has 0 bridgehead atoms. The molecule has 6 heteroatoms. The van der Waals surface area contributed by atoms with Gasteiger partial charge < -0.3 is 30.6 Å². The summed E-state index contributed by atoms with van der Waals surface area (Å²) in [5.74, 6) is -0.694. The summed E-state index contributed by atoms with van der Waals surface area (Å²) in [7, 11) is 0. The monoisotopic (exact) mass is 364 g/mol. The molecule has 2 aromatic carbocycles. The first-order chi connectivity index (χ1) is 12.3. The van der Waals surface area contributed by atoms with Gasteiger partial charge in [0.15, 0.2) is 23.0 Å². The molecule has 0 spiro atoms. The number of phenolic OH excluding ortho intramolecular Hbond substituents is 4. The van der Waals surface area contributed by atoms with Gasteiger partial charge in [-0.15, -0.1) is 0 Å². The molecule has 0 aliphatic carbocycles. The molecule has 0 saturated carbocycles. The van der Waals surface area contributed by atoms with E-state index in [4.69, 9.17) is 20.4 Å². The summed E-state index contributed by atoms with van der Waals surface area (Å²) in [5.41, 5.74) is 1.27. The minimum Gasteiger partial charge on any atom is -0.504 e. The number of rotatable bonds is 6. The molecular weight excluding hydrogens is 336 g/mol. The van der Waals surface area contributed by atoms with E-state index in [0.29, 0.717) is 24.0 Å². The molecule has 0 saturated heterocycles. The van der Waals surface area contributed by atoms with Gasteiger partial charge in [0.2, 0.25) is 0 Å². The van der Waals surface area contributed by atoms with Crippen molar-refractivity contribution in [3.8, 4) is 23.0 Å². The van der Waals surface area contributed by atoms with E-state index in [2.05, 4.69) is 0 Å². The standard InChI is InChI=1S/2C10H14O3/c2*1-2-3-8(11)7-4-5-9(12)10(13)6-7/h2*4-6,8,11-13H,2-3H2,1H3/t2*8-/m10/s1. The third-order valence-corrected chi connectivity index (χ3v) is 3.89. The number of hydrogen-bond donors (Lipinski definition) is 6. The van der Waals surface area contributed by atoms with Crippen LogP contribution in [0.4, 0.5) is 0 Å². The lowest BCUT2D eigenvalue weighted by atomic mass is 10.0. The molecule has 144 valence electrons. The van der Waals surface area contributed by atoms with Crippen molar-refractivity contribution in [2.24, 2.45) is 0 Å². The fraction of sp³-hybridized carbons (Fsp3) is 0.400. The third-order valence-electron chi connectivity index (χ3n) is 3.89. The van der Waals surface area contributed by atoms with Crippen LogP contribution in [0.15, 0.2) is 36.4 Å². The Balaban J connectivity index is 0.000000260. The predicted molar refractivity (Wildman–Crippen MR) is 99.3 cm³/mol. The Morgan fingerprint density at radius 1 is 0.615 bits per heavy atom. The van der Waals surface area contributed by atoms with Crippen molar-refractivity contribution in [3.63, 3.8) is 0 Å². The summed E-state index contributed by atoms with van der Waals surface area (Å²) < 4.78 is 0. The van der Waals surface area contributed by atoms with Crippen LogP contribution in [0.25, 0.3) is 0 Å². The molecule has 2 atom stereocenters. The highest BCUT2D eigenvalue weighted by molar-refractivity contribution is 5.41. The average Bonchev–Trinajstić information content (AvgIpc) is 2.60. The highest BCUT2D eigenvalue weighted by atomic mass is 16.3. The topological polar surface area (TPSA) is 121 Å². The van der Waals surface area contributed by atoms with Crippen LogP contribution in [0.5, 0.6) is 23.0 Å². The van der Waals surface area contributed by atoms with Gasteiger partial charge in [-0.1, -0.05) is 38.8 Å². The summed E-state index contributed by atoms with van der Waals surface area (Å²) in [6.07, 6.45) is 1.95. The second kappa shape index (κ2) is 10.5. The zero-order valence-electron chi connectivity index (χ0n) is 15.1. The first-order valence-electron chi connectivity index (χ1n) is 8.69.